The third-order valence-corrected chi connectivity index (χ3v) is 4.36. The molecule has 0 aliphatic rings. The predicted molar refractivity (Wildman–Crippen MR) is 99.6 cm³/mol. The lowest BCUT2D eigenvalue weighted by molar-refractivity contribution is -0.141. The zero-order chi connectivity index (χ0) is 20.5. The van der Waals surface area contributed by atoms with Crippen LogP contribution in [0.1, 0.15) is 16.1 Å². The molecule has 1 aromatic heterocycles. The van der Waals surface area contributed by atoms with Crippen molar-refractivity contribution in [2.75, 3.05) is 12.4 Å². The minimum atomic E-state index is -4.54. The number of hydrogen-bond acceptors (Lipinski definition) is 3. The quantitative estimate of drug-likeness (QED) is 0.658. The van der Waals surface area contributed by atoms with E-state index >= 15 is 0 Å². The van der Waals surface area contributed by atoms with Crippen molar-refractivity contribution in [3.8, 4) is 17.0 Å². The number of aromatic nitrogens is 2. The van der Waals surface area contributed by atoms with Gasteiger partial charge in [0.1, 0.15) is 5.75 Å². The summed E-state index contributed by atoms with van der Waals surface area (Å²) in [5, 5.41) is 6.49. The molecule has 0 bridgehead atoms. The average molecular weight is 410 g/mol. The number of aryl methyl sites for hydroxylation is 1. The number of anilines is 1. The summed E-state index contributed by atoms with van der Waals surface area (Å²) in [6.45, 7) is 0. The molecule has 1 N–H and O–H groups in total. The van der Waals surface area contributed by atoms with Gasteiger partial charge in [0.15, 0.2) is 5.69 Å². The number of ether oxygens (including phenoxy) is 1. The maximum atomic E-state index is 12.9. The first kappa shape index (κ1) is 19.8. The van der Waals surface area contributed by atoms with E-state index < -0.39 is 17.8 Å². The number of alkyl halides is 3. The number of rotatable bonds is 4. The Kier molecular flexibility index (Phi) is 5.33. The highest BCUT2D eigenvalue weighted by Crippen LogP contribution is 2.35. The van der Waals surface area contributed by atoms with E-state index in [1.807, 2.05) is 0 Å². The van der Waals surface area contributed by atoms with E-state index in [1.54, 1.807) is 36.4 Å². The molecule has 5 nitrogen and oxygen atoms in total. The molecule has 0 unspecified atom stereocenters. The molecule has 3 rings (SSSR count). The monoisotopic (exact) mass is 409 g/mol. The molecule has 0 saturated heterocycles. The third kappa shape index (κ3) is 3.96. The molecule has 0 spiro atoms. The summed E-state index contributed by atoms with van der Waals surface area (Å²) < 4.78 is 45.1. The van der Waals surface area contributed by atoms with Gasteiger partial charge in [0, 0.05) is 12.6 Å². The highest BCUT2D eigenvalue weighted by molar-refractivity contribution is 6.34. The van der Waals surface area contributed by atoms with Crippen LogP contribution >= 0.6 is 11.6 Å². The Balaban J connectivity index is 1.92. The molecule has 0 fully saturated rings. The topological polar surface area (TPSA) is 56.1 Å². The van der Waals surface area contributed by atoms with Crippen LogP contribution in [0.25, 0.3) is 11.3 Å². The third-order valence-electron chi connectivity index (χ3n) is 4.03. The van der Waals surface area contributed by atoms with Crippen LogP contribution in [0.2, 0.25) is 5.02 Å². The van der Waals surface area contributed by atoms with E-state index in [9.17, 15) is 18.0 Å². The van der Waals surface area contributed by atoms with E-state index in [0.29, 0.717) is 16.3 Å². The van der Waals surface area contributed by atoms with E-state index in [2.05, 4.69) is 10.4 Å². The first-order chi connectivity index (χ1) is 13.2. The van der Waals surface area contributed by atoms with Crippen molar-refractivity contribution < 1.29 is 22.7 Å². The van der Waals surface area contributed by atoms with Gasteiger partial charge >= 0.3 is 6.18 Å². The molecule has 0 saturated carbocycles. The van der Waals surface area contributed by atoms with Gasteiger partial charge in [-0.1, -0.05) is 29.8 Å². The maximum Gasteiger partial charge on any atom is 0.435 e. The molecule has 3 aromatic rings. The summed E-state index contributed by atoms with van der Waals surface area (Å²) in [5.74, 6) is -0.149. The van der Waals surface area contributed by atoms with Crippen LogP contribution in [0, 0.1) is 0 Å². The van der Waals surface area contributed by atoms with Crippen LogP contribution in [0.3, 0.4) is 0 Å². The van der Waals surface area contributed by atoms with Crippen LogP contribution in [0.15, 0.2) is 48.5 Å². The molecule has 0 radical (unpaired) electrons. The number of halogens is 4. The van der Waals surface area contributed by atoms with Crippen LogP contribution < -0.4 is 10.1 Å². The molecule has 0 atom stereocenters. The molecule has 28 heavy (non-hydrogen) atoms. The van der Waals surface area contributed by atoms with Gasteiger partial charge in [-0.2, -0.15) is 18.3 Å². The van der Waals surface area contributed by atoms with Crippen molar-refractivity contribution in [3.63, 3.8) is 0 Å². The number of nitrogens with one attached hydrogen (secondary N) is 1. The smallest absolute Gasteiger partial charge is 0.435 e. The molecule has 0 aliphatic carbocycles. The number of carbonyl (C=O) groups is 1. The lowest BCUT2D eigenvalue weighted by atomic mass is 10.1. The van der Waals surface area contributed by atoms with Crippen LogP contribution in [-0.4, -0.2) is 22.8 Å². The largest absolute Gasteiger partial charge is 0.495 e. The Morgan fingerprint density at radius 1 is 1.18 bits per heavy atom. The highest BCUT2D eigenvalue weighted by Gasteiger charge is 2.34. The van der Waals surface area contributed by atoms with Gasteiger partial charge in [-0.05, 0) is 30.3 Å². The van der Waals surface area contributed by atoms with Gasteiger partial charge in [-0.15, -0.1) is 0 Å². The Morgan fingerprint density at radius 3 is 2.50 bits per heavy atom. The summed E-state index contributed by atoms with van der Waals surface area (Å²) in [6, 6.07) is 12.2. The fourth-order valence-electron chi connectivity index (χ4n) is 2.66. The Hall–Kier alpha value is -3.00. The number of benzene rings is 2. The normalized spacial score (nSPS) is 11.4. The fraction of sp³-hybridized carbons (Fsp3) is 0.158. The molecule has 1 amide bonds. The summed E-state index contributed by atoms with van der Waals surface area (Å²) in [4.78, 5) is 12.4. The zero-order valence-electron chi connectivity index (χ0n) is 14.8. The van der Waals surface area contributed by atoms with Gasteiger partial charge < -0.3 is 10.1 Å². The molecule has 1 heterocycles. The summed E-state index contributed by atoms with van der Waals surface area (Å²) in [7, 11) is 2.82. The number of methoxy groups -OCH3 is 1. The predicted octanol–water partition coefficient (Wildman–Crippen LogP) is 5.02. The summed E-state index contributed by atoms with van der Waals surface area (Å²) in [6.07, 6.45) is -4.54. The van der Waals surface area contributed by atoms with Gasteiger partial charge in [-0.25, -0.2) is 0 Å². The summed E-state index contributed by atoms with van der Waals surface area (Å²) >= 11 is 6.03. The number of hydrogen-bond donors (Lipinski definition) is 1. The molecular formula is C19H15ClF3N3O2. The van der Waals surface area contributed by atoms with E-state index in [1.165, 1.54) is 20.2 Å². The fourth-order valence-corrected chi connectivity index (χ4v) is 2.89. The molecular weight excluding hydrogens is 395 g/mol. The second-order valence-electron chi connectivity index (χ2n) is 5.89. The SMILES string of the molecule is COc1cc(-c2cc(C(F)(F)F)nn2C)ccc1NC(=O)c1ccccc1Cl. The van der Waals surface area contributed by atoms with Crippen molar-refractivity contribution in [2.45, 2.75) is 6.18 Å². The second-order valence-corrected chi connectivity index (χ2v) is 6.29. The maximum absolute atomic E-state index is 12.9. The second kappa shape index (κ2) is 7.55. The first-order valence-corrected chi connectivity index (χ1v) is 8.44. The van der Waals surface area contributed by atoms with Gasteiger partial charge in [0.05, 0.1) is 29.1 Å². The first-order valence-electron chi connectivity index (χ1n) is 8.06. The number of carbonyl (C=O) groups excluding carboxylic acids is 1. The molecule has 0 aliphatic heterocycles. The van der Waals surface area contributed by atoms with Crippen molar-refractivity contribution in [3.05, 3.63) is 64.8 Å². The average Bonchev–Trinajstić information content (AvgIpc) is 3.04. The van der Waals surface area contributed by atoms with Crippen molar-refractivity contribution >= 4 is 23.2 Å². The van der Waals surface area contributed by atoms with Crippen molar-refractivity contribution in [2.24, 2.45) is 7.05 Å². The lowest BCUT2D eigenvalue weighted by Gasteiger charge is -2.12. The van der Waals surface area contributed by atoms with Gasteiger partial charge in [0.25, 0.3) is 5.91 Å². The molecule has 146 valence electrons. The van der Waals surface area contributed by atoms with E-state index in [0.717, 1.165) is 10.7 Å². The van der Waals surface area contributed by atoms with E-state index in [-0.39, 0.29) is 17.0 Å². The highest BCUT2D eigenvalue weighted by atomic mass is 35.5. The van der Waals surface area contributed by atoms with Crippen molar-refractivity contribution in [1.82, 2.24) is 9.78 Å². The van der Waals surface area contributed by atoms with Crippen LogP contribution in [0.4, 0.5) is 18.9 Å². The zero-order valence-corrected chi connectivity index (χ0v) is 15.6. The Bertz CT molecular complexity index is 1030. The minimum Gasteiger partial charge on any atom is -0.495 e. The van der Waals surface area contributed by atoms with Crippen LogP contribution in [0.5, 0.6) is 5.75 Å². The molecule has 9 heteroatoms. The Morgan fingerprint density at radius 2 is 1.89 bits per heavy atom. The standard InChI is InChI=1S/C19H15ClF3N3O2/c1-26-15(10-17(25-26)19(21,22)23)11-7-8-14(16(9-11)28-2)24-18(27)12-5-3-4-6-13(12)20/h3-10H,1-2H3,(H,24,27). The van der Waals surface area contributed by atoms with Gasteiger partial charge in [-0.3, -0.25) is 9.48 Å². The molecule has 2 aromatic carbocycles. The Labute approximate surface area is 163 Å². The number of amides is 1. The lowest BCUT2D eigenvalue weighted by Crippen LogP contribution is -2.13. The summed E-state index contributed by atoms with van der Waals surface area (Å²) in [5.41, 5.74) is 0.374. The number of nitrogens with zero attached hydrogens (tertiary/aromatic N) is 2. The van der Waals surface area contributed by atoms with Gasteiger partial charge in [0.2, 0.25) is 0 Å². The van der Waals surface area contributed by atoms with Crippen molar-refractivity contribution in [1.29, 1.82) is 0 Å². The van der Waals surface area contributed by atoms with Crippen LogP contribution in [-0.2, 0) is 13.2 Å². The van der Waals surface area contributed by atoms with E-state index in [4.69, 9.17) is 16.3 Å². The minimum absolute atomic E-state index is 0.259.